The van der Waals surface area contributed by atoms with Gasteiger partial charge in [-0.25, -0.2) is 0 Å². The van der Waals surface area contributed by atoms with Crippen molar-refractivity contribution in [1.82, 2.24) is 10.2 Å². The van der Waals surface area contributed by atoms with E-state index in [9.17, 15) is 19.5 Å². The van der Waals surface area contributed by atoms with Crippen LogP contribution < -0.4 is 5.32 Å². The van der Waals surface area contributed by atoms with E-state index in [1.54, 1.807) is 41.3 Å². The molecule has 2 aromatic carbocycles. The third kappa shape index (κ3) is 4.76. The molecule has 2 amide bonds. The van der Waals surface area contributed by atoms with Gasteiger partial charge in [0, 0.05) is 25.2 Å². The summed E-state index contributed by atoms with van der Waals surface area (Å²) in [6, 6.07) is 17.9. The zero-order valence-corrected chi connectivity index (χ0v) is 15.6. The minimum absolute atomic E-state index is 0.0291. The number of benzene rings is 2. The molecule has 2 N–H and O–H groups in total. The third-order valence-electron chi connectivity index (χ3n) is 5.08. The molecule has 1 aliphatic heterocycles. The lowest BCUT2D eigenvalue weighted by molar-refractivity contribution is -0.138. The van der Waals surface area contributed by atoms with Crippen LogP contribution >= 0.6 is 0 Å². The zero-order valence-electron chi connectivity index (χ0n) is 15.6. The zero-order chi connectivity index (χ0) is 19.9. The number of carbonyl (C=O) groups excluding carboxylic acids is 2. The van der Waals surface area contributed by atoms with E-state index >= 15 is 0 Å². The van der Waals surface area contributed by atoms with E-state index in [1.165, 1.54) is 0 Å². The first-order valence-corrected chi connectivity index (χ1v) is 9.46. The Bertz CT molecular complexity index is 823. The van der Waals surface area contributed by atoms with Crippen LogP contribution in [-0.2, 0) is 9.59 Å². The fourth-order valence-electron chi connectivity index (χ4n) is 3.52. The predicted molar refractivity (Wildman–Crippen MR) is 105 cm³/mol. The second-order valence-electron chi connectivity index (χ2n) is 7.00. The smallest absolute Gasteiger partial charge is 0.312 e. The average Bonchev–Trinajstić information content (AvgIpc) is 2.74. The maximum atomic E-state index is 12.6. The van der Waals surface area contributed by atoms with Gasteiger partial charge in [0.05, 0.1) is 11.8 Å². The lowest BCUT2D eigenvalue weighted by Gasteiger charge is -2.32. The Morgan fingerprint density at radius 2 is 1.68 bits per heavy atom. The van der Waals surface area contributed by atoms with Crippen LogP contribution in [0.1, 0.15) is 34.7 Å². The molecule has 0 spiro atoms. The Morgan fingerprint density at radius 1 is 1.04 bits per heavy atom. The SMILES string of the molecule is O=C(NCC(C(=O)O)c1ccccc1)C1CCCN(C(=O)c2ccccc2)C1. The van der Waals surface area contributed by atoms with Gasteiger partial charge in [-0.3, -0.25) is 14.4 Å². The van der Waals surface area contributed by atoms with E-state index in [1.807, 2.05) is 24.3 Å². The van der Waals surface area contributed by atoms with E-state index < -0.39 is 11.9 Å². The van der Waals surface area contributed by atoms with Crippen LogP contribution in [-0.4, -0.2) is 47.4 Å². The van der Waals surface area contributed by atoms with Crippen LogP contribution in [0.2, 0.25) is 0 Å². The molecule has 0 aliphatic carbocycles. The molecule has 28 heavy (non-hydrogen) atoms. The van der Waals surface area contributed by atoms with Gasteiger partial charge in [0.25, 0.3) is 5.91 Å². The number of carboxylic acids is 1. The molecule has 2 unspecified atom stereocenters. The summed E-state index contributed by atoms with van der Waals surface area (Å²) in [6.45, 7) is 1.00. The monoisotopic (exact) mass is 380 g/mol. The summed E-state index contributed by atoms with van der Waals surface area (Å²) in [6.07, 6.45) is 1.44. The number of nitrogens with one attached hydrogen (secondary N) is 1. The fourth-order valence-corrected chi connectivity index (χ4v) is 3.52. The standard InChI is InChI=1S/C22H24N2O4/c25-20(23-14-19(22(27)28)16-8-3-1-4-9-16)18-12-7-13-24(15-18)21(26)17-10-5-2-6-11-17/h1-6,8-11,18-19H,7,12-15H2,(H,23,25)(H,27,28). The van der Waals surface area contributed by atoms with Gasteiger partial charge in [-0.2, -0.15) is 0 Å². The van der Waals surface area contributed by atoms with E-state index in [0.29, 0.717) is 30.6 Å². The van der Waals surface area contributed by atoms with Crippen LogP contribution in [0.5, 0.6) is 0 Å². The summed E-state index contributed by atoms with van der Waals surface area (Å²) in [4.78, 5) is 38.5. The summed E-state index contributed by atoms with van der Waals surface area (Å²) >= 11 is 0. The van der Waals surface area contributed by atoms with Gasteiger partial charge < -0.3 is 15.3 Å². The van der Waals surface area contributed by atoms with Gasteiger partial charge in [0.1, 0.15) is 0 Å². The van der Waals surface area contributed by atoms with E-state index in [0.717, 1.165) is 6.42 Å². The Kier molecular flexibility index (Phi) is 6.42. The predicted octanol–water partition coefficient (Wildman–Crippen LogP) is 2.52. The number of piperidine rings is 1. The fraction of sp³-hybridized carbons (Fsp3) is 0.318. The highest BCUT2D eigenvalue weighted by atomic mass is 16.4. The molecule has 1 aliphatic rings. The first-order valence-electron chi connectivity index (χ1n) is 9.46. The van der Waals surface area contributed by atoms with E-state index in [4.69, 9.17) is 0 Å². The van der Waals surface area contributed by atoms with Gasteiger partial charge in [0.15, 0.2) is 0 Å². The van der Waals surface area contributed by atoms with Gasteiger partial charge in [0.2, 0.25) is 5.91 Å². The summed E-state index contributed by atoms with van der Waals surface area (Å²) in [7, 11) is 0. The molecule has 2 atom stereocenters. The molecule has 0 radical (unpaired) electrons. The molecule has 6 nitrogen and oxygen atoms in total. The molecule has 1 heterocycles. The molecule has 1 fully saturated rings. The van der Waals surface area contributed by atoms with Crippen molar-refractivity contribution in [3.8, 4) is 0 Å². The number of amides is 2. The van der Waals surface area contributed by atoms with Crippen LogP contribution in [0.4, 0.5) is 0 Å². The lowest BCUT2D eigenvalue weighted by atomic mass is 9.95. The first kappa shape index (κ1) is 19.6. The quantitative estimate of drug-likeness (QED) is 0.806. The van der Waals surface area contributed by atoms with Gasteiger partial charge >= 0.3 is 5.97 Å². The number of aliphatic carboxylic acids is 1. The number of likely N-dealkylation sites (tertiary alicyclic amines) is 1. The molecule has 0 aromatic heterocycles. The Morgan fingerprint density at radius 3 is 2.32 bits per heavy atom. The number of carbonyl (C=O) groups is 3. The van der Waals surface area contributed by atoms with Crippen molar-refractivity contribution in [2.45, 2.75) is 18.8 Å². The van der Waals surface area contributed by atoms with Crippen molar-refractivity contribution >= 4 is 17.8 Å². The number of carboxylic acid groups (broad SMARTS) is 1. The molecular formula is C22H24N2O4. The minimum atomic E-state index is -0.976. The molecule has 146 valence electrons. The molecule has 1 saturated heterocycles. The van der Waals surface area contributed by atoms with Gasteiger partial charge in [-0.15, -0.1) is 0 Å². The van der Waals surface area contributed by atoms with Crippen molar-refractivity contribution in [2.75, 3.05) is 19.6 Å². The van der Waals surface area contributed by atoms with Crippen molar-refractivity contribution in [1.29, 1.82) is 0 Å². The number of hydrogen-bond acceptors (Lipinski definition) is 3. The highest BCUT2D eigenvalue weighted by molar-refractivity contribution is 5.94. The first-order chi connectivity index (χ1) is 13.6. The number of nitrogens with zero attached hydrogens (tertiary/aromatic N) is 1. The summed E-state index contributed by atoms with van der Waals surface area (Å²) in [5.41, 5.74) is 1.26. The normalized spacial score (nSPS) is 17.6. The molecule has 2 aromatic rings. The van der Waals surface area contributed by atoms with Crippen molar-refractivity contribution in [3.05, 3.63) is 71.8 Å². The largest absolute Gasteiger partial charge is 0.481 e. The second-order valence-corrected chi connectivity index (χ2v) is 7.00. The topological polar surface area (TPSA) is 86.7 Å². The lowest BCUT2D eigenvalue weighted by Crippen LogP contribution is -2.46. The third-order valence-corrected chi connectivity index (χ3v) is 5.08. The Balaban J connectivity index is 1.59. The molecule has 3 rings (SSSR count). The maximum absolute atomic E-state index is 12.6. The second kappa shape index (κ2) is 9.17. The summed E-state index contributed by atoms with van der Waals surface area (Å²) < 4.78 is 0. The highest BCUT2D eigenvalue weighted by Crippen LogP contribution is 2.20. The van der Waals surface area contributed by atoms with Crippen molar-refractivity contribution in [3.63, 3.8) is 0 Å². The van der Waals surface area contributed by atoms with Crippen molar-refractivity contribution < 1.29 is 19.5 Å². The number of rotatable bonds is 6. The minimum Gasteiger partial charge on any atom is -0.481 e. The summed E-state index contributed by atoms with van der Waals surface area (Å²) in [5, 5.41) is 12.3. The van der Waals surface area contributed by atoms with Crippen LogP contribution in [0.25, 0.3) is 0 Å². The average molecular weight is 380 g/mol. The highest BCUT2D eigenvalue weighted by Gasteiger charge is 2.30. The Labute approximate surface area is 164 Å². The van der Waals surface area contributed by atoms with Crippen molar-refractivity contribution in [2.24, 2.45) is 5.92 Å². The number of hydrogen-bond donors (Lipinski definition) is 2. The molecule has 6 heteroatoms. The maximum Gasteiger partial charge on any atom is 0.312 e. The molecular weight excluding hydrogens is 356 g/mol. The van der Waals surface area contributed by atoms with Crippen LogP contribution in [0.15, 0.2) is 60.7 Å². The van der Waals surface area contributed by atoms with E-state index in [-0.39, 0.29) is 24.3 Å². The molecule has 0 bridgehead atoms. The molecule has 0 saturated carbocycles. The van der Waals surface area contributed by atoms with Crippen LogP contribution in [0.3, 0.4) is 0 Å². The van der Waals surface area contributed by atoms with Gasteiger partial charge in [-0.05, 0) is 30.5 Å². The van der Waals surface area contributed by atoms with Gasteiger partial charge in [-0.1, -0.05) is 48.5 Å². The Hall–Kier alpha value is -3.15. The van der Waals surface area contributed by atoms with Crippen LogP contribution in [0, 0.1) is 5.92 Å². The summed E-state index contributed by atoms with van der Waals surface area (Å²) in [5.74, 6) is -2.38. The van der Waals surface area contributed by atoms with E-state index in [2.05, 4.69) is 5.32 Å².